The van der Waals surface area contributed by atoms with Gasteiger partial charge in [0.1, 0.15) is 5.75 Å². The third kappa shape index (κ3) is 3.26. The Labute approximate surface area is 131 Å². The fraction of sp³-hybridized carbons (Fsp3) is 0.667. The van der Waals surface area contributed by atoms with Gasteiger partial charge < -0.3 is 9.47 Å². The van der Waals surface area contributed by atoms with Crippen LogP contribution < -0.4 is 4.74 Å². The zero-order valence-electron chi connectivity index (χ0n) is 12.8. The number of nitrogens with zero attached hydrogens (tertiary/aromatic N) is 2. The highest BCUT2D eigenvalue weighted by molar-refractivity contribution is 7.88. The van der Waals surface area contributed by atoms with Crippen molar-refractivity contribution >= 4 is 10.0 Å². The van der Waals surface area contributed by atoms with Gasteiger partial charge >= 0.3 is 0 Å². The van der Waals surface area contributed by atoms with Gasteiger partial charge in [0.2, 0.25) is 10.0 Å². The number of hydrogen-bond acceptors (Lipinski definition) is 5. The predicted octanol–water partition coefficient (Wildman–Crippen LogP) is 1.29. The van der Waals surface area contributed by atoms with E-state index in [4.69, 9.17) is 9.47 Å². The lowest BCUT2D eigenvalue weighted by Crippen LogP contribution is -2.56. The first-order valence-corrected chi connectivity index (χ1v) is 9.46. The first-order valence-electron chi connectivity index (χ1n) is 7.61. The van der Waals surface area contributed by atoms with Gasteiger partial charge in [-0.2, -0.15) is 4.31 Å². The van der Waals surface area contributed by atoms with Crippen LogP contribution in [0.4, 0.5) is 0 Å². The second-order valence-corrected chi connectivity index (χ2v) is 8.08. The standard InChI is InChI=1S/C15H22N2O4S/c1-22(18,19)17-8-9-21-15(12-17)6-2-4-13(15)11-20-14-5-3-7-16-10-14/h3,5,7,10,13H,2,4,6,8-9,11-12H2,1H3/t13-,15-/m1/s1. The van der Waals surface area contributed by atoms with E-state index in [1.54, 1.807) is 16.7 Å². The van der Waals surface area contributed by atoms with Crippen molar-refractivity contribution in [2.24, 2.45) is 5.92 Å². The van der Waals surface area contributed by atoms with Gasteiger partial charge in [0.25, 0.3) is 0 Å². The molecule has 0 amide bonds. The zero-order valence-corrected chi connectivity index (χ0v) is 13.6. The average Bonchev–Trinajstić information content (AvgIpc) is 2.87. The summed E-state index contributed by atoms with van der Waals surface area (Å²) in [4.78, 5) is 4.03. The summed E-state index contributed by atoms with van der Waals surface area (Å²) in [6.45, 7) is 1.86. The van der Waals surface area contributed by atoms with E-state index in [-0.39, 0.29) is 5.92 Å². The summed E-state index contributed by atoms with van der Waals surface area (Å²) in [7, 11) is -3.18. The van der Waals surface area contributed by atoms with Gasteiger partial charge in [-0.25, -0.2) is 8.42 Å². The minimum absolute atomic E-state index is 0.206. The molecule has 7 heteroatoms. The molecule has 1 aliphatic heterocycles. The van der Waals surface area contributed by atoms with Crippen LogP contribution in [0.3, 0.4) is 0 Å². The lowest BCUT2D eigenvalue weighted by atomic mass is 9.90. The maximum absolute atomic E-state index is 11.8. The van der Waals surface area contributed by atoms with Gasteiger partial charge in [0, 0.05) is 25.2 Å². The lowest BCUT2D eigenvalue weighted by Gasteiger charge is -2.43. The molecule has 0 radical (unpaired) electrons. The highest BCUT2D eigenvalue weighted by Crippen LogP contribution is 2.41. The molecule has 0 bridgehead atoms. The maximum Gasteiger partial charge on any atom is 0.211 e. The number of pyridine rings is 1. The van der Waals surface area contributed by atoms with Crippen LogP contribution in [0.15, 0.2) is 24.5 Å². The third-order valence-electron chi connectivity index (χ3n) is 4.63. The molecule has 0 aromatic carbocycles. The van der Waals surface area contributed by atoms with Crippen LogP contribution in [0.1, 0.15) is 19.3 Å². The SMILES string of the molecule is CS(=O)(=O)N1CCO[C@]2(CCC[C@@H]2COc2cccnc2)C1. The van der Waals surface area contributed by atoms with Crippen LogP contribution in [-0.4, -0.2) is 55.9 Å². The van der Waals surface area contributed by atoms with Crippen molar-refractivity contribution in [3.8, 4) is 5.75 Å². The van der Waals surface area contributed by atoms with Gasteiger partial charge in [-0.05, 0) is 31.4 Å². The number of rotatable bonds is 4. The number of hydrogen-bond donors (Lipinski definition) is 0. The molecule has 2 fully saturated rings. The summed E-state index contributed by atoms with van der Waals surface area (Å²) >= 11 is 0. The van der Waals surface area contributed by atoms with Crippen molar-refractivity contribution in [1.29, 1.82) is 0 Å². The van der Waals surface area contributed by atoms with E-state index in [1.165, 1.54) is 6.26 Å². The quantitative estimate of drug-likeness (QED) is 0.834. The third-order valence-corrected chi connectivity index (χ3v) is 5.88. The molecule has 1 aromatic rings. The summed E-state index contributed by atoms with van der Waals surface area (Å²) in [6, 6.07) is 3.71. The van der Waals surface area contributed by atoms with E-state index in [0.29, 0.717) is 26.3 Å². The molecule has 1 spiro atoms. The van der Waals surface area contributed by atoms with Crippen molar-refractivity contribution in [2.45, 2.75) is 24.9 Å². The highest BCUT2D eigenvalue weighted by atomic mass is 32.2. The molecule has 122 valence electrons. The summed E-state index contributed by atoms with van der Waals surface area (Å²) in [6.07, 6.45) is 7.59. The van der Waals surface area contributed by atoms with Crippen LogP contribution >= 0.6 is 0 Å². The van der Waals surface area contributed by atoms with Crippen LogP contribution in [0.25, 0.3) is 0 Å². The minimum Gasteiger partial charge on any atom is -0.492 e. The Bertz CT molecular complexity index is 607. The summed E-state index contributed by atoms with van der Waals surface area (Å²) in [5, 5.41) is 0. The Morgan fingerprint density at radius 3 is 3.14 bits per heavy atom. The van der Waals surface area contributed by atoms with Crippen LogP contribution in [-0.2, 0) is 14.8 Å². The molecule has 2 atom stereocenters. The molecule has 1 saturated carbocycles. The van der Waals surface area contributed by atoms with Gasteiger partial charge in [-0.1, -0.05) is 0 Å². The molecule has 1 aromatic heterocycles. The molecule has 6 nitrogen and oxygen atoms in total. The largest absolute Gasteiger partial charge is 0.492 e. The first kappa shape index (κ1) is 15.7. The number of sulfonamides is 1. The molecule has 2 aliphatic rings. The van der Waals surface area contributed by atoms with E-state index >= 15 is 0 Å². The number of morpholine rings is 1. The normalized spacial score (nSPS) is 29.8. The molecule has 0 N–H and O–H groups in total. The molecule has 2 heterocycles. The van der Waals surface area contributed by atoms with E-state index in [1.807, 2.05) is 12.1 Å². The minimum atomic E-state index is -3.18. The smallest absolute Gasteiger partial charge is 0.211 e. The number of aromatic nitrogens is 1. The Morgan fingerprint density at radius 2 is 2.41 bits per heavy atom. The molecule has 22 heavy (non-hydrogen) atoms. The highest BCUT2D eigenvalue weighted by Gasteiger charge is 2.48. The molecular weight excluding hydrogens is 304 g/mol. The Morgan fingerprint density at radius 1 is 1.55 bits per heavy atom. The van der Waals surface area contributed by atoms with Gasteiger partial charge in [0.15, 0.2) is 0 Å². The first-order chi connectivity index (χ1) is 10.5. The Hall–Kier alpha value is -1.18. The van der Waals surface area contributed by atoms with Crippen LogP contribution in [0, 0.1) is 5.92 Å². The Balaban J connectivity index is 1.69. The van der Waals surface area contributed by atoms with Gasteiger partial charge in [-0.15, -0.1) is 0 Å². The molecule has 1 saturated heterocycles. The van der Waals surface area contributed by atoms with Crippen molar-refractivity contribution in [1.82, 2.24) is 9.29 Å². The molecule has 1 aliphatic carbocycles. The zero-order chi connectivity index (χ0) is 15.6. The van der Waals surface area contributed by atoms with Crippen LogP contribution in [0.2, 0.25) is 0 Å². The van der Waals surface area contributed by atoms with E-state index in [9.17, 15) is 8.42 Å². The van der Waals surface area contributed by atoms with E-state index < -0.39 is 15.6 Å². The van der Waals surface area contributed by atoms with Crippen molar-refractivity contribution in [2.75, 3.05) is 32.6 Å². The fourth-order valence-electron chi connectivity index (χ4n) is 3.43. The van der Waals surface area contributed by atoms with Crippen molar-refractivity contribution < 1.29 is 17.9 Å². The number of ether oxygens (including phenoxy) is 2. The summed E-state index contributed by atoms with van der Waals surface area (Å²) in [5.41, 5.74) is -0.399. The van der Waals surface area contributed by atoms with Gasteiger partial charge in [0.05, 0.1) is 31.3 Å². The predicted molar refractivity (Wildman–Crippen MR) is 82.2 cm³/mol. The Kier molecular flexibility index (Phi) is 4.38. The topological polar surface area (TPSA) is 68.7 Å². The van der Waals surface area contributed by atoms with Crippen molar-refractivity contribution in [3.05, 3.63) is 24.5 Å². The second-order valence-electron chi connectivity index (χ2n) is 6.10. The van der Waals surface area contributed by atoms with E-state index in [2.05, 4.69) is 4.98 Å². The molecular formula is C15H22N2O4S. The fourth-order valence-corrected chi connectivity index (χ4v) is 4.29. The van der Waals surface area contributed by atoms with Crippen LogP contribution in [0.5, 0.6) is 5.75 Å². The van der Waals surface area contributed by atoms with Gasteiger partial charge in [-0.3, -0.25) is 4.98 Å². The summed E-state index contributed by atoms with van der Waals surface area (Å²) < 4.78 is 37.1. The molecule has 0 unspecified atom stereocenters. The average molecular weight is 326 g/mol. The monoisotopic (exact) mass is 326 g/mol. The molecule has 3 rings (SSSR count). The van der Waals surface area contributed by atoms with Crippen molar-refractivity contribution in [3.63, 3.8) is 0 Å². The maximum atomic E-state index is 11.8. The summed E-state index contributed by atoms with van der Waals surface area (Å²) in [5.74, 6) is 0.942. The second kappa shape index (κ2) is 6.14. The van der Waals surface area contributed by atoms with E-state index in [0.717, 1.165) is 25.0 Å². The lowest BCUT2D eigenvalue weighted by molar-refractivity contribution is -0.118.